The first kappa shape index (κ1) is 25.4. The molecule has 0 radical (unpaired) electrons. The van der Waals surface area contributed by atoms with E-state index in [4.69, 9.17) is 13.6 Å². The summed E-state index contributed by atoms with van der Waals surface area (Å²) in [5.41, 5.74) is 0. The summed E-state index contributed by atoms with van der Waals surface area (Å²) >= 11 is 0. The molecule has 0 saturated carbocycles. The zero-order chi connectivity index (χ0) is 23.4. The third kappa shape index (κ3) is 6.55. The maximum absolute atomic E-state index is 13.1. The van der Waals surface area contributed by atoms with Crippen molar-refractivity contribution in [3.63, 3.8) is 0 Å². The second kappa shape index (κ2) is 8.93. The summed E-state index contributed by atoms with van der Waals surface area (Å²) in [6.07, 6.45) is -15.3. The van der Waals surface area contributed by atoms with Crippen LogP contribution >= 0.6 is 7.28 Å². The van der Waals surface area contributed by atoms with E-state index in [-0.39, 0.29) is 0 Å². The monoisotopic (exact) mass is 482 g/mol. The first-order chi connectivity index (χ1) is 14.2. The van der Waals surface area contributed by atoms with Crippen molar-refractivity contribution in [1.82, 2.24) is 0 Å². The summed E-state index contributed by atoms with van der Waals surface area (Å²) in [7, 11) is -6.10. The molecular weight excluding hydrogens is 466 g/mol. The van der Waals surface area contributed by atoms with E-state index in [2.05, 4.69) is 0 Å². The molecule has 174 valence electrons. The summed E-state index contributed by atoms with van der Waals surface area (Å²) < 4.78 is 132. The van der Waals surface area contributed by atoms with Gasteiger partial charge in [0, 0.05) is 0 Å². The molecule has 0 heterocycles. The fourth-order valence-corrected chi connectivity index (χ4v) is 6.58. The Morgan fingerprint density at radius 2 is 0.742 bits per heavy atom. The minimum absolute atomic E-state index is 0.530. The van der Waals surface area contributed by atoms with Gasteiger partial charge in [-0.25, -0.2) is 0 Å². The van der Waals surface area contributed by atoms with Crippen molar-refractivity contribution in [2.24, 2.45) is 0 Å². The van der Waals surface area contributed by atoms with Gasteiger partial charge in [0.1, 0.15) is 0 Å². The molecule has 0 atom stereocenters. The Balaban J connectivity index is 2.85. The van der Waals surface area contributed by atoms with Gasteiger partial charge in [0.15, 0.2) is 0 Å². The van der Waals surface area contributed by atoms with E-state index in [1.54, 1.807) is 0 Å². The predicted molar refractivity (Wildman–Crippen MR) is 95.1 cm³/mol. The van der Waals surface area contributed by atoms with Crippen molar-refractivity contribution >= 4 is 17.9 Å². The van der Waals surface area contributed by atoms with Gasteiger partial charge in [-0.15, -0.1) is 0 Å². The molecule has 0 aromatic heterocycles. The van der Waals surface area contributed by atoms with Crippen LogP contribution in [0.25, 0.3) is 0 Å². The number of halogens is 9. The molecule has 0 amide bonds. The Hall–Kier alpha value is -1.88. The van der Waals surface area contributed by atoms with Gasteiger partial charge in [-0.2, -0.15) is 0 Å². The molecule has 0 N–H and O–H groups in total. The van der Waals surface area contributed by atoms with Crippen LogP contribution in [0.2, 0.25) is 0 Å². The average Bonchev–Trinajstić information content (AvgIpc) is 2.68. The van der Waals surface area contributed by atoms with Crippen LogP contribution < -0.4 is 10.6 Å². The van der Waals surface area contributed by atoms with Crippen LogP contribution in [0.1, 0.15) is 0 Å². The Labute approximate surface area is 170 Å². The van der Waals surface area contributed by atoms with E-state index in [1.165, 1.54) is 36.4 Å². The van der Waals surface area contributed by atoms with Crippen molar-refractivity contribution in [1.29, 1.82) is 0 Å². The quantitative estimate of drug-likeness (QED) is 0.359. The number of hydrogen-bond donors (Lipinski definition) is 0. The molecule has 0 unspecified atom stereocenters. The summed E-state index contributed by atoms with van der Waals surface area (Å²) in [5.74, 6) is 0. The summed E-state index contributed by atoms with van der Waals surface area (Å²) in [6.45, 7) is -6.65. The third-order valence-electron chi connectivity index (χ3n) is 3.79. The molecule has 13 heteroatoms. The molecule has 0 aliphatic rings. The Morgan fingerprint density at radius 1 is 0.484 bits per heavy atom. The molecule has 2 rings (SSSR count). The Bertz CT molecular complexity index is 745. The molecule has 0 fully saturated rings. The molecule has 0 aliphatic carbocycles. The minimum atomic E-state index is -6.10. The fraction of sp³-hybridized carbons (Fsp3) is 0.333. The summed E-state index contributed by atoms with van der Waals surface area (Å²) in [4.78, 5) is 0. The molecule has 0 bridgehead atoms. The normalized spacial score (nSPS) is 14.8. The van der Waals surface area contributed by atoms with Gasteiger partial charge in [0.25, 0.3) is 0 Å². The number of rotatable bonds is 8. The van der Waals surface area contributed by atoms with Gasteiger partial charge >= 0.3 is 170 Å². The second-order valence-electron chi connectivity index (χ2n) is 6.22. The second-order valence-corrected chi connectivity index (χ2v) is 9.79. The molecule has 2 aromatic rings. The van der Waals surface area contributed by atoms with Crippen molar-refractivity contribution in [2.75, 3.05) is 19.8 Å². The maximum atomic E-state index is 13.1. The van der Waals surface area contributed by atoms with Crippen molar-refractivity contribution in [3.05, 3.63) is 60.7 Å². The van der Waals surface area contributed by atoms with E-state index in [0.29, 0.717) is 0 Å². The molecule has 2 aromatic carbocycles. The first-order valence-corrected chi connectivity index (χ1v) is 10.4. The number of benzene rings is 2. The predicted octanol–water partition coefficient (Wildman–Crippen LogP) is 5.67. The van der Waals surface area contributed by atoms with Crippen LogP contribution in [0.3, 0.4) is 0 Å². The zero-order valence-electron chi connectivity index (χ0n) is 15.5. The van der Waals surface area contributed by atoms with Crippen LogP contribution in [0.15, 0.2) is 60.7 Å². The third-order valence-corrected chi connectivity index (χ3v) is 7.96. The fourth-order valence-electron chi connectivity index (χ4n) is 2.65. The van der Waals surface area contributed by atoms with Gasteiger partial charge in [-0.05, 0) is 0 Å². The summed E-state index contributed by atoms with van der Waals surface area (Å²) in [5, 5.41) is -1.06. The van der Waals surface area contributed by atoms with Crippen LogP contribution in [0.5, 0.6) is 0 Å². The molecule has 0 saturated heterocycles. The van der Waals surface area contributed by atoms with Gasteiger partial charge < -0.3 is 0 Å². The van der Waals surface area contributed by atoms with E-state index in [1.807, 2.05) is 0 Å². The van der Waals surface area contributed by atoms with Gasteiger partial charge in [0.05, 0.1) is 0 Å². The SMILES string of the molecule is FC(F)(F)COP(OCC(F)(F)F)(OCC(F)(F)F)(c1ccccc1)c1ccccc1. The number of alkyl halides is 9. The molecular formula is C18H16F9O3P. The van der Waals surface area contributed by atoms with Crippen LogP contribution in [0.4, 0.5) is 39.5 Å². The molecule has 31 heavy (non-hydrogen) atoms. The van der Waals surface area contributed by atoms with Crippen LogP contribution in [-0.2, 0) is 13.6 Å². The van der Waals surface area contributed by atoms with E-state index >= 15 is 0 Å². The number of hydrogen-bond acceptors (Lipinski definition) is 3. The molecule has 3 nitrogen and oxygen atoms in total. The van der Waals surface area contributed by atoms with Crippen molar-refractivity contribution in [2.45, 2.75) is 18.5 Å². The standard InChI is InChI=1S/C18H16F9O3P/c19-16(20,21)11-28-31(29-12-17(22,23)24,30-13-18(25,26)27,14-7-3-1-4-8-14)15-9-5-2-6-10-15/h1-10H,11-13H2. The van der Waals surface area contributed by atoms with Crippen molar-refractivity contribution in [3.8, 4) is 0 Å². The average molecular weight is 482 g/mol. The van der Waals surface area contributed by atoms with Gasteiger partial charge in [-0.3, -0.25) is 0 Å². The van der Waals surface area contributed by atoms with Crippen molar-refractivity contribution < 1.29 is 53.1 Å². The zero-order valence-corrected chi connectivity index (χ0v) is 16.4. The van der Waals surface area contributed by atoms with Gasteiger partial charge in [-0.1, -0.05) is 0 Å². The summed E-state index contributed by atoms with van der Waals surface area (Å²) in [6, 6.07) is 11.5. The Morgan fingerprint density at radius 3 is 0.968 bits per heavy atom. The van der Waals surface area contributed by atoms with Crippen LogP contribution in [0, 0.1) is 0 Å². The Kier molecular flexibility index (Phi) is 7.31. The van der Waals surface area contributed by atoms with Crippen LogP contribution in [-0.4, -0.2) is 38.3 Å². The molecule has 0 spiro atoms. The topological polar surface area (TPSA) is 27.7 Å². The van der Waals surface area contributed by atoms with E-state index in [0.717, 1.165) is 24.3 Å². The van der Waals surface area contributed by atoms with Gasteiger partial charge in [0.2, 0.25) is 0 Å². The van der Waals surface area contributed by atoms with E-state index in [9.17, 15) is 39.5 Å². The molecule has 0 aliphatic heterocycles. The van der Waals surface area contributed by atoms with E-state index < -0.39 is 56.2 Å². The first-order valence-electron chi connectivity index (χ1n) is 8.44.